The zero-order chi connectivity index (χ0) is 49.3. The van der Waals surface area contributed by atoms with Crippen molar-refractivity contribution in [3.8, 4) is 11.5 Å². The summed E-state index contributed by atoms with van der Waals surface area (Å²) in [6.07, 6.45) is 3.68. The van der Waals surface area contributed by atoms with Gasteiger partial charge >= 0.3 is 12.4 Å². The molecule has 2 heterocycles. The third-order valence-corrected chi connectivity index (χ3v) is 13.6. The maximum absolute atomic E-state index is 14.1. The molecule has 16 nitrogen and oxygen atoms in total. The van der Waals surface area contributed by atoms with Gasteiger partial charge in [0.1, 0.15) is 24.2 Å². The van der Waals surface area contributed by atoms with Gasteiger partial charge in [0.15, 0.2) is 5.82 Å². The Labute approximate surface area is 407 Å². The van der Waals surface area contributed by atoms with E-state index in [1.807, 2.05) is 19.1 Å². The highest BCUT2D eigenvalue weighted by Gasteiger charge is 2.45. The summed E-state index contributed by atoms with van der Waals surface area (Å²) in [6, 6.07) is 13.1. The van der Waals surface area contributed by atoms with Gasteiger partial charge in [0.05, 0.1) is 61.7 Å². The SMILES string of the molecule is Cc1cnc(NC(=O)Nc2cc(Br)c(C)cc2OC[C@@H]2CN(CCOCCOCCN(CC(C)(C)C3Cc4ccc([N+](=O)[O-])cc4C4C=CCC43)C(=O)c3ccc(OC(F)(F)F)cc3)CCO2)cn1. The predicted molar refractivity (Wildman–Crippen MR) is 255 cm³/mol. The number of benzene rings is 3. The zero-order valence-electron chi connectivity index (χ0n) is 38.9. The van der Waals surface area contributed by atoms with Crippen LogP contribution in [-0.4, -0.2) is 121 Å². The van der Waals surface area contributed by atoms with Gasteiger partial charge in [-0.1, -0.05) is 48.0 Å². The maximum Gasteiger partial charge on any atom is 0.573 e. The smallest absolute Gasteiger partial charge is 0.489 e. The molecular formula is C49H57BrF3N7O9. The van der Waals surface area contributed by atoms with E-state index < -0.39 is 23.6 Å². The Bertz CT molecular complexity index is 2460. The average Bonchev–Trinajstić information content (AvgIpc) is 3.81. The lowest BCUT2D eigenvalue weighted by atomic mass is 9.60. The van der Waals surface area contributed by atoms with Crippen molar-refractivity contribution in [2.45, 2.75) is 58.9 Å². The van der Waals surface area contributed by atoms with Crippen molar-refractivity contribution >= 4 is 45.1 Å². The van der Waals surface area contributed by atoms with Crippen molar-refractivity contribution in [2.24, 2.45) is 17.3 Å². The number of allylic oxidation sites excluding steroid dienone is 2. The van der Waals surface area contributed by atoms with Crippen molar-refractivity contribution in [3.63, 3.8) is 0 Å². The van der Waals surface area contributed by atoms with E-state index in [4.69, 9.17) is 18.9 Å². The van der Waals surface area contributed by atoms with Gasteiger partial charge in [-0.15, -0.1) is 13.2 Å². The Morgan fingerprint density at radius 3 is 2.49 bits per heavy atom. The summed E-state index contributed by atoms with van der Waals surface area (Å²) in [5, 5.41) is 17.1. The number of carbonyl (C=O) groups is 2. The van der Waals surface area contributed by atoms with Crippen LogP contribution in [0.25, 0.3) is 0 Å². The number of nitro benzene ring substituents is 1. The van der Waals surface area contributed by atoms with Gasteiger partial charge in [-0.2, -0.15) is 0 Å². The van der Waals surface area contributed by atoms with Gasteiger partial charge in [-0.3, -0.25) is 30.1 Å². The van der Waals surface area contributed by atoms with Crippen molar-refractivity contribution in [1.29, 1.82) is 0 Å². The molecule has 0 saturated carbocycles. The Morgan fingerprint density at radius 2 is 1.77 bits per heavy atom. The molecule has 3 amide bonds. The number of morpholine rings is 1. The summed E-state index contributed by atoms with van der Waals surface area (Å²) in [5.74, 6) is 0.314. The number of hydrogen-bond acceptors (Lipinski definition) is 12. The van der Waals surface area contributed by atoms with Crippen LogP contribution in [0.5, 0.6) is 11.5 Å². The molecule has 3 aromatic carbocycles. The molecule has 1 aromatic heterocycles. The van der Waals surface area contributed by atoms with Crippen LogP contribution >= 0.6 is 15.9 Å². The minimum Gasteiger partial charge on any atom is -0.489 e. The van der Waals surface area contributed by atoms with E-state index in [1.54, 1.807) is 30.2 Å². The molecule has 3 unspecified atom stereocenters. The summed E-state index contributed by atoms with van der Waals surface area (Å²) in [7, 11) is 0. The number of urea groups is 1. The molecule has 4 atom stereocenters. The van der Waals surface area contributed by atoms with Crippen LogP contribution in [0.4, 0.5) is 35.2 Å². The first-order chi connectivity index (χ1) is 32.9. The molecule has 3 aliphatic rings. The van der Waals surface area contributed by atoms with Crippen molar-refractivity contribution in [2.75, 3.05) is 83.0 Å². The number of rotatable bonds is 20. The fourth-order valence-electron chi connectivity index (χ4n) is 9.26. The van der Waals surface area contributed by atoms with Crippen LogP contribution in [0.3, 0.4) is 0 Å². The quantitative estimate of drug-likeness (QED) is 0.0372. The number of nitro groups is 1. The number of halogens is 4. The maximum atomic E-state index is 14.1. The Morgan fingerprint density at radius 1 is 1.00 bits per heavy atom. The van der Waals surface area contributed by atoms with Crippen molar-refractivity contribution < 1.29 is 51.4 Å². The van der Waals surface area contributed by atoms with Crippen LogP contribution < -0.4 is 20.1 Å². The van der Waals surface area contributed by atoms with Crippen LogP contribution in [0.1, 0.15) is 58.9 Å². The first kappa shape index (κ1) is 51.2. The van der Waals surface area contributed by atoms with E-state index in [0.717, 1.165) is 45.4 Å². The molecule has 0 bridgehead atoms. The predicted octanol–water partition coefficient (Wildman–Crippen LogP) is 9.12. The van der Waals surface area contributed by atoms with Crippen molar-refractivity contribution in [3.05, 3.63) is 122 Å². The zero-order valence-corrected chi connectivity index (χ0v) is 40.5. The number of anilines is 2. The molecule has 1 fully saturated rings. The number of aryl methyl sites for hydroxylation is 2. The van der Waals surface area contributed by atoms with Gasteiger partial charge < -0.3 is 33.9 Å². The van der Waals surface area contributed by atoms with E-state index in [2.05, 4.69) is 72.2 Å². The number of nitrogens with one attached hydrogen (secondary N) is 2. The van der Waals surface area contributed by atoms with E-state index >= 15 is 0 Å². The number of amides is 3. The second-order valence-corrected chi connectivity index (χ2v) is 19.0. The average molecular weight is 1020 g/mol. The van der Waals surface area contributed by atoms with E-state index in [9.17, 15) is 32.9 Å². The summed E-state index contributed by atoms with van der Waals surface area (Å²) >= 11 is 3.53. The summed E-state index contributed by atoms with van der Waals surface area (Å²) < 4.78 is 67.7. The number of carbonyl (C=O) groups excluding carboxylic acids is 2. The van der Waals surface area contributed by atoms with E-state index in [1.165, 1.54) is 24.4 Å². The molecule has 7 rings (SSSR count). The number of non-ortho nitro benzene ring substituents is 1. The van der Waals surface area contributed by atoms with Crippen LogP contribution in [0.2, 0.25) is 0 Å². The molecule has 4 aromatic rings. The Kier molecular flexibility index (Phi) is 16.9. The molecule has 69 heavy (non-hydrogen) atoms. The highest BCUT2D eigenvalue weighted by Crippen LogP contribution is 2.52. The highest BCUT2D eigenvalue weighted by atomic mass is 79.9. The van der Waals surface area contributed by atoms with Gasteiger partial charge in [0.2, 0.25) is 0 Å². The second-order valence-electron chi connectivity index (χ2n) is 18.1. The highest BCUT2D eigenvalue weighted by molar-refractivity contribution is 9.10. The summed E-state index contributed by atoms with van der Waals surface area (Å²) in [5.41, 5.74) is 3.96. The minimum atomic E-state index is -4.87. The minimum absolute atomic E-state index is 0.0120. The second kappa shape index (κ2) is 22.8. The van der Waals surface area contributed by atoms with Crippen molar-refractivity contribution in [1.82, 2.24) is 19.8 Å². The summed E-state index contributed by atoms with van der Waals surface area (Å²) in [4.78, 5) is 50.4. The number of nitrogens with zero attached hydrogens (tertiary/aromatic N) is 5. The lowest BCUT2D eigenvalue weighted by Crippen LogP contribution is -2.47. The fourth-order valence-corrected chi connectivity index (χ4v) is 9.60. The standard InChI is InChI=1S/C49H57BrF3N7O9/c1-31-22-44(43(25-42(31)50)56-47(62)57-45-27-54-32(2)26-55-45)68-29-37-28-58(15-19-67-37)14-17-65-20-21-66-18-16-59(46(61)33-9-12-36(13-10-33)69-49(51,52)53)30-48(3,4)41-23-34-8-11-35(60(63)64)24-40(34)38-6-5-7-39(38)41/h5-6,8-13,22,24-27,37-39,41H,7,14-21,23,28-30H2,1-4H3,(H2,55,56,57,62)/t37-,38?,39?,41?/m0/s1. The topological polar surface area (TPSA) is 180 Å². The number of ether oxygens (including phenoxy) is 5. The van der Waals surface area contributed by atoms with E-state index in [-0.39, 0.29) is 72.3 Å². The van der Waals surface area contributed by atoms with Gasteiger partial charge in [-0.25, -0.2) is 9.78 Å². The Balaban J connectivity index is 0.885. The van der Waals surface area contributed by atoms with Gasteiger partial charge in [-0.05, 0) is 97.0 Å². The van der Waals surface area contributed by atoms with Crippen LogP contribution in [0, 0.1) is 41.2 Å². The molecule has 1 aliphatic heterocycles. The lowest BCUT2D eigenvalue weighted by Gasteiger charge is -2.46. The Hall–Kier alpha value is -5.67. The van der Waals surface area contributed by atoms with Crippen LogP contribution in [-0.2, 0) is 20.6 Å². The molecule has 20 heteroatoms. The molecule has 0 radical (unpaired) electrons. The number of fused-ring (bicyclic) bond motifs is 3. The third-order valence-electron chi connectivity index (χ3n) is 12.7. The van der Waals surface area contributed by atoms with Gasteiger partial charge in [0.25, 0.3) is 11.6 Å². The molecule has 370 valence electrons. The normalized spacial score (nSPS) is 19.1. The number of aromatic nitrogens is 2. The first-order valence-corrected chi connectivity index (χ1v) is 23.6. The molecule has 2 aliphatic carbocycles. The number of hydrogen-bond donors (Lipinski definition) is 2. The molecule has 2 N–H and O–H groups in total. The molecule has 1 saturated heterocycles. The fraction of sp³-hybridized carbons (Fsp3) is 0.469. The molecular weight excluding hydrogens is 967 g/mol. The lowest BCUT2D eigenvalue weighted by molar-refractivity contribution is -0.385. The number of alkyl halides is 3. The monoisotopic (exact) mass is 1020 g/mol. The third kappa shape index (κ3) is 14.0. The molecule has 0 spiro atoms. The first-order valence-electron chi connectivity index (χ1n) is 22.8. The van der Waals surface area contributed by atoms with E-state index in [0.29, 0.717) is 69.7 Å². The summed E-state index contributed by atoms with van der Waals surface area (Å²) in [6.45, 7) is 12.5. The van der Waals surface area contributed by atoms with Gasteiger partial charge in [0, 0.05) is 60.8 Å². The largest absolute Gasteiger partial charge is 0.573 e. The van der Waals surface area contributed by atoms with Crippen LogP contribution in [0.15, 0.2) is 83.6 Å².